The molecule has 0 aliphatic rings. The zero-order valence-electron chi connectivity index (χ0n) is 14.9. The van der Waals surface area contributed by atoms with Gasteiger partial charge in [-0.15, -0.1) is 0 Å². The Balaban J connectivity index is 2.27. The highest BCUT2D eigenvalue weighted by Gasteiger charge is 2.25. The topological polar surface area (TPSA) is 108 Å². The fraction of sp³-hybridized carbons (Fsp3) is 0.222. The summed E-state index contributed by atoms with van der Waals surface area (Å²) in [6.45, 7) is 0. The van der Waals surface area contributed by atoms with Crippen LogP contribution in [0.4, 0.5) is 14.5 Å². The number of nitrogens with zero attached hydrogens (tertiary/aromatic N) is 1. The van der Waals surface area contributed by atoms with Gasteiger partial charge in [0.15, 0.2) is 5.75 Å². The molecule has 2 aromatic carbocycles. The predicted molar refractivity (Wildman–Crippen MR) is 93.0 cm³/mol. The summed E-state index contributed by atoms with van der Waals surface area (Å²) >= 11 is 0. The van der Waals surface area contributed by atoms with E-state index in [0.717, 1.165) is 19.2 Å². The number of hydrogen-bond donors (Lipinski definition) is 1. The molecule has 2 rings (SSSR count). The molecule has 0 aliphatic carbocycles. The normalized spacial score (nSPS) is 11.4. The summed E-state index contributed by atoms with van der Waals surface area (Å²) in [5.74, 6) is -3.61. The van der Waals surface area contributed by atoms with Gasteiger partial charge in [-0.1, -0.05) is 6.07 Å². The highest BCUT2D eigenvalue weighted by Crippen LogP contribution is 2.28. The van der Waals surface area contributed by atoms with Gasteiger partial charge in [0, 0.05) is 24.1 Å². The van der Waals surface area contributed by atoms with Crippen molar-refractivity contribution in [2.24, 2.45) is 0 Å². The Labute approximate surface area is 158 Å². The molecule has 0 fully saturated rings. The van der Waals surface area contributed by atoms with E-state index in [9.17, 15) is 28.5 Å². The number of methoxy groups -OCH3 is 2. The maximum absolute atomic E-state index is 13.3. The van der Waals surface area contributed by atoms with Crippen molar-refractivity contribution in [1.82, 2.24) is 5.32 Å². The van der Waals surface area contributed by atoms with Gasteiger partial charge in [-0.05, 0) is 23.8 Å². The second-order valence-electron chi connectivity index (χ2n) is 5.67. The molecule has 1 N–H and O–H groups in total. The summed E-state index contributed by atoms with van der Waals surface area (Å²) in [6.07, 6.45) is -0.152. The van der Waals surface area contributed by atoms with Gasteiger partial charge >= 0.3 is 11.7 Å². The monoisotopic (exact) mass is 394 g/mol. The maximum atomic E-state index is 13.3. The summed E-state index contributed by atoms with van der Waals surface area (Å²) < 4.78 is 36.1. The lowest BCUT2D eigenvalue weighted by molar-refractivity contribution is -0.385. The highest BCUT2D eigenvalue weighted by molar-refractivity contribution is 5.96. The van der Waals surface area contributed by atoms with Crippen LogP contribution in [0.5, 0.6) is 5.75 Å². The summed E-state index contributed by atoms with van der Waals surface area (Å²) in [5, 5.41) is 13.4. The second-order valence-corrected chi connectivity index (χ2v) is 5.67. The molecule has 1 atom stereocenters. The lowest BCUT2D eigenvalue weighted by Crippen LogP contribution is -2.43. The Morgan fingerprint density at radius 3 is 2.32 bits per heavy atom. The largest absolute Gasteiger partial charge is 0.490 e. The van der Waals surface area contributed by atoms with E-state index in [2.05, 4.69) is 10.1 Å². The number of rotatable bonds is 7. The van der Waals surface area contributed by atoms with Gasteiger partial charge in [0.25, 0.3) is 5.91 Å². The van der Waals surface area contributed by atoms with Gasteiger partial charge in [0.05, 0.1) is 19.1 Å². The van der Waals surface area contributed by atoms with Crippen LogP contribution in [-0.4, -0.2) is 37.1 Å². The first-order valence-electron chi connectivity index (χ1n) is 7.91. The van der Waals surface area contributed by atoms with Gasteiger partial charge in [0.2, 0.25) is 0 Å². The quantitative estimate of drug-likeness (QED) is 0.439. The van der Waals surface area contributed by atoms with Gasteiger partial charge in [0.1, 0.15) is 17.7 Å². The van der Waals surface area contributed by atoms with Crippen molar-refractivity contribution in [3.05, 3.63) is 69.3 Å². The molecule has 0 saturated carbocycles. The third-order valence-corrected chi connectivity index (χ3v) is 3.80. The third kappa shape index (κ3) is 5.00. The molecule has 148 valence electrons. The van der Waals surface area contributed by atoms with Crippen molar-refractivity contribution in [1.29, 1.82) is 0 Å². The van der Waals surface area contributed by atoms with Crippen molar-refractivity contribution in [3.63, 3.8) is 0 Å². The van der Waals surface area contributed by atoms with Crippen molar-refractivity contribution in [2.75, 3.05) is 14.2 Å². The van der Waals surface area contributed by atoms with Gasteiger partial charge in [-0.3, -0.25) is 14.9 Å². The molecule has 0 saturated heterocycles. The van der Waals surface area contributed by atoms with Crippen LogP contribution in [0, 0.1) is 21.7 Å². The summed E-state index contributed by atoms with van der Waals surface area (Å²) in [5.41, 5.74) is -0.303. The minimum atomic E-state index is -1.24. The first-order valence-corrected chi connectivity index (χ1v) is 7.91. The van der Waals surface area contributed by atoms with E-state index in [1.165, 1.54) is 25.3 Å². The molecule has 0 aromatic heterocycles. The van der Waals surface area contributed by atoms with Crippen LogP contribution in [-0.2, 0) is 16.0 Å². The molecular weight excluding hydrogens is 378 g/mol. The first kappa shape index (κ1) is 20.7. The average Bonchev–Trinajstić information content (AvgIpc) is 2.65. The number of halogens is 2. The Morgan fingerprint density at radius 2 is 1.79 bits per heavy atom. The van der Waals surface area contributed by atoms with E-state index in [1.807, 2.05) is 0 Å². The molecule has 0 bridgehead atoms. The Hall–Kier alpha value is -3.56. The molecule has 28 heavy (non-hydrogen) atoms. The molecule has 0 spiro atoms. The van der Waals surface area contributed by atoms with Crippen LogP contribution < -0.4 is 10.1 Å². The minimum Gasteiger partial charge on any atom is -0.490 e. The van der Waals surface area contributed by atoms with Crippen LogP contribution in [0.25, 0.3) is 0 Å². The number of esters is 1. The van der Waals surface area contributed by atoms with Crippen molar-refractivity contribution < 1.29 is 32.8 Å². The number of carbonyl (C=O) groups is 2. The lowest BCUT2D eigenvalue weighted by atomic mass is 10.0. The Bertz CT molecular complexity index is 899. The zero-order chi connectivity index (χ0) is 20.8. The number of nitro groups is 1. The molecule has 2 aromatic rings. The molecule has 1 amide bonds. The average molecular weight is 394 g/mol. The zero-order valence-corrected chi connectivity index (χ0v) is 14.9. The van der Waals surface area contributed by atoms with E-state index >= 15 is 0 Å². The molecular formula is C18H16F2N2O6. The molecule has 0 aliphatic heterocycles. The van der Waals surface area contributed by atoms with Crippen LogP contribution in [0.3, 0.4) is 0 Å². The maximum Gasteiger partial charge on any atom is 0.328 e. The number of hydrogen-bond acceptors (Lipinski definition) is 6. The predicted octanol–water partition coefficient (Wildman–Crippen LogP) is 2.40. The number of nitro benzene ring substituents is 1. The number of ether oxygens (including phenoxy) is 2. The molecule has 0 heterocycles. The van der Waals surface area contributed by atoms with Crippen LogP contribution in [0.15, 0.2) is 36.4 Å². The summed E-state index contributed by atoms with van der Waals surface area (Å²) in [6, 6.07) is 5.02. The smallest absolute Gasteiger partial charge is 0.328 e. The third-order valence-electron chi connectivity index (χ3n) is 3.80. The van der Waals surface area contributed by atoms with Gasteiger partial charge < -0.3 is 14.8 Å². The fourth-order valence-electron chi connectivity index (χ4n) is 2.50. The van der Waals surface area contributed by atoms with E-state index in [-0.39, 0.29) is 23.4 Å². The van der Waals surface area contributed by atoms with Crippen LogP contribution >= 0.6 is 0 Å². The first-order chi connectivity index (χ1) is 13.2. The van der Waals surface area contributed by atoms with Gasteiger partial charge in [-0.2, -0.15) is 0 Å². The fourth-order valence-corrected chi connectivity index (χ4v) is 2.50. The van der Waals surface area contributed by atoms with Crippen molar-refractivity contribution in [2.45, 2.75) is 12.5 Å². The number of amides is 1. The molecule has 0 radical (unpaired) electrons. The SMILES string of the molecule is COC(=O)[C@@H](Cc1ccc(OC)c([N+](=O)[O-])c1)NC(=O)c1cc(F)cc(F)c1. The van der Waals surface area contributed by atoms with E-state index < -0.39 is 34.5 Å². The number of benzene rings is 2. The summed E-state index contributed by atoms with van der Waals surface area (Å²) in [7, 11) is 2.37. The van der Waals surface area contributed by atoms with Crippen molar-refractivity contribution in [3.8, 4) is 5.75 Å². The minimum absolute atomic E-state index is 0.0302. The lowest BCUT2D eigenvalue weighted by Gasteiger charge is -2.17. The second kappa shape index (κ2) is 8.89. The highest BCUT2D eigenvalue weighted by atomic mass is 19.1. The Morgan fingerprint density at radius 1 is 1.14 bits per heavy atom. The number of nitrogens with one attached hydrogen (secondary N) is 1. The van der Waals surface area contributed by atoms with Crippen molar-refractivity contribution >= 4 is 17.6 Å². The van der Waals surface area contributed by atoms with E-state index in [1.54, 1.807) is 0 Å². The van der Waals surface area contributed by atoms with Crippen LogP contribution in [0.1, 0.15) is 15.9 Å². The molecule has 0 unspecified atom stereocenters. The van der Waals surface area contributed by atoms with Gasteiger partial charge in [-0.25, -0.2) is 13.6 Å². The molecule has 10 heteroatoms. The molecule has 8 nitrogen and oxygen atoms in total. The number of carbonyl (C=O) groups excluding carboxylic acids is 2. The van der Waals surface area contributed by atoms with Crippen LogP contribution in [0.2, 0.25) is 0 Å². The van der Waals surface area contributed by atoms with E-state index in [4.69, 9.17) is 4.74 Å². The summed E-state index contributed by atoms with van der Waals surface area (Å²) in [4.78, 5) is 34.8. The Kier molecular flexibility index (Phi) is 6.59. The van der Waals surface area contributed by atoms with E-state index in [0.29, 0.717) is 11.6 Å². The standard InChI is InChI=1S/C18H16F2N2O6/c1-27-16-4-3-10(6-15(16)22(25)26)5-14(18(24)28-2)21-17(23)11-7-12(19)9-13(20)8-11/h3-4,6-9,14H,5H2,1-2H3,(H,21,23)/t14-/m1/s1.